The van der Waals surface area contributed by atoms with Crippen molar-refractivity contribution in [2.75, 3.05) is 6.54 Å². The molecule has 0 spiro atoms. The van der Waals surface area contributed by atoms with Gasteiger partial charge in [0.15, 0.2) is 0 Å². The molecular weight excluding hydrogens is 295 g/mol. The number of hydrogen-bond donors (Lipinski definition) is 2. The largest absolute Gasteiger partial charge is 0.352 e. The van der Waals surface area contributed by atoms with Gasteiger partial charge in [-0.25, -0.2) is 17.9 Å². The summed E-state index contributed by atoms with van der Waals surface area (Å²) in [6.45, 7) is 5.97. The topological polar surface area (TPSA) is 89.3 Å². The molecule has 0 unspecified atom stereocenters. The summed E-state index contributed by atoms with van der Waals surface area (Å²) in [6.07, 6.45) is 1.72. The molecule has 0 aliphatic heterocycles. The van der Waals surface area contributed by atoms with E-state index in [1.807, 2.05) is 0 Å². The summed E-state index contributed by atoms with van der Waals surface area (Å²) in [7, 11) is -3.99. The van der Waals surface area contributed by atoms with E-state index < -0.39 is 21.7 Å². The number of carbonyl (C=O) groups excluding carboxylic acids is 1. The second-order valence-electron chi connectivity index (χ2n) is 5.43. The number of nitrogens with two attached hydrogens (primary N) is 1. The van der Waals surface area contributed by atoms with Gasteiger partial charge in [0.25, 0.3) is 5.91 Å². The van der Waals surface area contributed by atoms with Crippen molar-refractivity contribution in [1.82, 2.24) is 5.32 Å². The molecule has 0 bridgehead atoms. The lowest BCUT2D eigenvalue weighted by Gasteiger charge is -2.10. The Bertz CT molecular complexity index is 627. The minimum Gasteiger partial charge on any atom is -0.352 e. The summed E-state index contributed by atoms with van der Waals surface area (Å²) >= 11 is 0. The summed E-state index contributed by atoms with van der Waals surface area (Å²) in [5.41, 5.74) is -0.138. The van der Waals surface area contributed by atoms with Crippen LogP contribution in [0.2, 0.25) is 0 Å². The van der Waals surface area contributed by atoms with Crippen molar-refractivity contribution < 1.29 is 17.6 Å². The number of aryl methyl sites for hydroxylation is 1. The molecule has 0 aliphatic carbocycles. The van der Waals surface area contributed by atoms with Crippen molar-refractivity contribution in [2.24, 2.45) is 11.1 Å². The van der Waals surface area contributed by atoms with E-state index in [2.05, 4.69) is 19.2 Å². The second-order valence-corrected chi connectivity index (χ2v) is 6.96. The van der Waals surface area contributed by atoms with Crippen molar-refractivity contribution in [3.05, 3.63) is 29.1 Å². The van der Waals surface area contributed by atoms with E-state index in [-0.39, 0.29) is 16.0 Å². The van der Waals surface area contributed by atoms with Crippen LogP contribution in [0.4, 0.5) is 4.39 Å². The molecule has 7 heteroatoms. The number of primary sulfonamides is 1. The van der Waals surface area contributed by atoms with Crippen molar-refractivity contribution in [3.8, 4) is 0 Å². The number of hydrogen-bond acceptors (Lipinski definition) is 3. The number of halogens is 1. The predicted octanol–water partition coefficient (Wildman–Crippen LogP) is 1.95. The highest BCUT2D eigenvalue weighted by atomic mass is 32.2. The Balaban J connectivity index is 2.90. The van der Waals surface area contributed by atoms with Gasteiger partial charge < -0.3 is 5.32 Å². The molecule has 1 amide bonds. The normalized spacial score (nSPS) is 11.7. The van der Waals surface area contributed by atoms with Gasteiger partial charge in [-0.05, 0) is 43.4 Å². The Labute approximate surface area is 124 Å². The zero-order valence-corrected chi connectivity index (χ0v) is 13.3. The highest BCUT2D eigenvalue weighted by Gasteiger charge is 2.19. The van der Waals surface area contributed by atoms with Crippen LogP contribution in [-0.2, 0) is 10.0 Å². The Morgan fingerprint density at radius 1 is 1.38 bits per heavy atom. The van der Waals surface area contributed by atoms with Crippen molar-refractivity contribution >= 4 is 15.9 Å². The first-order valence-electron chi connectivity index (χ1n) is 6.74. The summed E-state index contributed by atoms with van der Waals surface area (Å²) in [6, 6.07) is 1.99. The molecule has 1 aromatic rings. The molecule has 3 N–H and O–H groups in total. The van der Waals surface area contributed by atoms with E-state index in [4.69, 9.17) is 5.14 Å². The van der Waals surface area contributed by atoms with Gasteiger partial charge in [0.05, 0.1) is 10.5 Å². The van der Waals surface area contributed by atoms with Gasteiger partial charge in [0, 0.05) is 6.54 Å². The molecule has 1 rings (SSSR count). The Morgan fingerprint density at radius 2 is 2.00 bits per heavy atom. The summed E-state index contributed by atoms with van der Waals surface area (Å²) in [5.74, 6) is -0.880. The highest BCUT2D eigenvalue weighted by molar-refractivity contribution is 7.89. The maximum atomic E-state index is 13.8. The summed E-state index contributed by atoms with van der Waals surface area (Å²) in [4.78, 5) is 11.7. The third kappa shape index (κ3) is 5.09. The zero-order valence-electron chi connectivity index (χ0n) is 12.4. The fourth-order valence-electron chi connectivity index (χ4n) is 1.94. The highest BCUT2D eigenvalue weighted by Crippen LogP contribution is 2.19. The first-order chi connectivity index (χ1) is 9.62. The minimum atomic E-state index is -3.99. The lowest BCUT2D eigenvalue weighted by Crippen LogP contribution is -2.26. The average molecular weight is 316 g/mol. The van der Waals surface area contributed by atoms with Crippen LogP contribution >= 0.6 is 0 Å². The predicted molar refractivity (Wildman–Crippen MR) is 78.9 cm³/mol. The molecule has 1 aromatic carbocycles. The van der Waals surface area contributed by atoms with Crippen LogP contribution in [0.15, 0.2) is 17.0 Å². The molecule has 118 valence electrons. The van der Waals surface area contributed by atoms with E-state index in [0.29, 0.717) is 12.5 Å². The number of sulfonamides is 1. The number of rotatable bonds is 6. The zero-order chi connectivity index (χ0) is 16.2. The van der Waals surface area contributed by atoms with Crippen molar-refractivity contribution in [3.63, 3.8) is 0 Å². The van der Waals surface area contributed by atoms with E-state index in [0.717, 1.165) is 25.0 Å². The van der Waals surface area contributed by atoms with Gasteiger partial charge >= 0.3 is 0 Å². The fourth-order valence-corrected chi connectivity index (χ4v) is 2.73. The summed E-state index contributed by atoms with van der Waals surface area (Å²) in [5, 5.41) is 7.63. The van der Waals surface area contributed by atoms with Crippen LogP contribution in [0.1, 0.15) is 42.6 Å². The molecule has 0 radical (unpaired) electrons. The number of carbonyl (C=O) groups is 1. The second kappa shape index (κ2) is 7.00. The Morgan fingerprint density at radius 3 is 2.52 bits per heavy atom. The van der Waals surface area contributed by atoms with Gasteiger partial charge in [-0.1, -0.05) is 13.8 Å². The lowest BCUT2D eigenvalue weighted by atomic mass is 10.1. The van der Waals surface area contributed by atoms with E-state index in [1.54, 1.807) is 0 Å². The third-order valence-corrected chi connectivity index (χ3v) is 4.11. The van der Waals surface area contributed by atoms with Crippen LogP contribution in [0.25, 0.3) is 0 Å². The molecule has 0 atom stereocenters. The smallest absolute Gasteiger partial charge is 0.254 e. The molecule has 0 aromatic heterocycles. The number of amides is 1. The van der Waals surface area contributed by atoms with E-state index >= 15 is 0 Å². The van der Waals surface area contributed by atoms with Crippen LogP contribution in [-0.4, -0.2) is 20.9 Å². The quantitative estimate of drug-likeness (QED) is 0.786. The fraction of sp³-hybridized carbons (Fsp3) is 0.500. The molecule has 21 heavy (non-hydrogen) atoms. The van der Waals surface area contributed by atoms with Gasteiger partial charge in [-0.3, -0.25) is 4.79 Å². The molecule has 0 saturated carbocycles. The molecule has 5 nitrogen and oxygen atoms in total. The van der Waals surface area contributed by atoms with Gasteiger partial charge in [0.2, 0.25) is 10.0 Å². The van der Waals surface area contributed by atoms with Gasteiger partial charge in [-0.15, -0.1) is 0 Å². The first kappa shape index (κ1) is 17.6. The molecule has 0 saturated heterocycles. The maximum absolute atomic E-state index is 13.8. The van der Waals surface area contributed by atoms with Crippen LogP contribution < -0.4 is 10.5 Å². The minimum absolute atomic E-state index is 0.173. The third-order valence-electron chi connectivity index (χ3n) is 3.06. The van der Waals surface area contributed by atoms with Crippen LogP contribution in [0.3, 0.4) is 0 Å². The Hall–Kier alpha value is -1.47. The maximum Gasteiger partial charge on any atom is 0.254 e. The molecule has 0 fully saturated rings. The molecular formula is C14H21FN2O3S. The SMILES string of the molecule is Cc1cc(F)c(C(=O)NCCCC(C)C)cc1S(N)(=O)=O. The average Bonchev–Trinajstić information content (AvgIpc) is 2.32. The lowest BCUT2D eigenvalue weighted by molar-refractivity contribution is 0.0948. The van der Waals surface area contributed by atoms with Gasteiger partial charge in [-0.2, -0.15) is 0 Å². The van der Waals surface area contributed by atoms with Crippen LogP contribution in [0, 0.1) is 18.7 Å². The van der Waals surface area contributed by atoms with Crippen molar-refractivity contribution in [1.29, 1.82) is 0 Å². The summed E-state index contributed by atoms with van der Waals surface area (Å²) < 4.78 is 36.6. The Kier molecular flexibility index (Phi) is 5.86. The molecule has 0 heterocycles. The van der Waals surface area contributed by atoms with Crippen LogP contribution in [0.5, 0.6) is 0 Å². The van der Waals surface area contributed by atoms with E-state index in [9.17, 15) is 17.6 Å². The molecule has 0 aliphatic rings. The number of benzene rings is 1. The van der Waals surface area contributed by atoms with Crippen molar-refractivity contribution in [2.45, 2.75) is 38.5 Å². The number of nitrogens with one attached hydrogen (secondary N) is 1. The van der Waals surface area contributed by atoms with Gasteiger partial charge in [0.1, 0.15) is 5.82 Å². The monoisotopic (exact) mass is 316 g/mol. The first-order valence-corrected chi connectivity index (χ1v) is 8.28. The van der Waals surface area contributed by atoms with E-state index in [1.165, 1.54) is 6.92 Å². The standard InChI is InChI=1S/C14H21FN2O3S/c1-9(2)5-4-6-17-14(18)11-8-13(21(16,19)20)10(3)7-12(11)15/h7-9H,4-6H2,1-3H3,(H,17,18)(H2,16,19,20).